The Balaban J connectivity index is 0.000000130. The molecule has 0 radical (unpaired) electrons. The van der Waals surface area contributed by atoms with Gasteiger partial charge < -0.3 is 39.7 Å². The number of aromatic amines is 1. The van der Waals surface area contributed by atoms with Crippen molar-refractivity contribution >= 4 is 39.4 Å². The van der Waals surface area contributed by atoms with Crippen LogP contribution in [-0.4, -0.2) is 106 Å². The second-order valence-corrected chi connectivity index (χ2v) is 18.7. The van der Waals surface area contributed by atoms with E-state index in [-0.39, 0.29) is 34.9 Å². The van der Waals surface area contributed by atoms with Crippen molar-refractivity contribution in [3.8, 4) is 5.75 Å². The monoisotopic (exact) mass is 871 g/mol. The van der Waals surface area contributed by atoms with E-state index in [4.69, 9.17) is 14.6 Å². The number of hydrogen-bond donors (Lipinski definition) is 5. The molecule has 5 aliphatic heterocycles. The van der Waals surface area contributed by atoms with E-state index in [1.54, 1.807) is 31.3 Å². The number of methoxy groups -OCH3 is 1. The number of ether oxygens (including phenoxy) is 2. The second-order valence-electron chi connectivity index (χ2n) is 18.7. The highest BCUT2D eigenvalue weighted by molar-refractivity contribution is 6.13. The van der Waals surface area contributed by atoms with Crippen LogP contribution in [0.1, 0.15) is 98.6 Å². The largest absolute Gasteiger partial charge is 0.508 e. The summed E-state index contributed by atoms with van der Waals surface area (Å²) in [4.78, 5) is 34.2. The summed E-state index contributed by atoms with van der Waals surface area (Å²) in [6.45, 7) is 9.46. The first-order chi connectivity index (χ1) is 31.1. The number of para-hydroxylation sites is 2. The molecule has 0 amide bonds. The number of benzene rings is 3. The number of aliphatic hydroxyl groups excluding tert-OH is 2. The van der Waals surface area contributed by atoms with Crippen LogP contribution in [0.4, 0.5) is 0 Å². The van der Waals surface area contributed by atoms with Gasteiger partial charge in [0.1, 0.15) is 11.4 Å². The number of nitrogens with one attached hydrogen (secondary N) is 2. The van der Waals surface area contributed by atoms with Gasteiger partial charge in [-0.1, -0.05) is 55.5 Å². The Labute approximate surface area is 376 Å². The average molecular weight is 872 g/mol. The predicted octanol–water partition coefficient (Wildman–Crippen LogP) is 7.44. The maximum Gasteiger partial charge on any atom is 0.354 e. The number of carbonyl (C=O) groups is 2. The Hall–Kier alpha value is -4.98. The van der Waals surface area contributed by atoms with Gasteiger partial charge in [0.2, 0.25) is 0 Å². The minimum Gasteiger partial charge on any atom is -0.508 e. The van der Waals surface area contributed by atoms with Crippen molar-refractivity contribution in [1.29, 1.82) is 0 Å². The van der Waals surface area contributed by atoms with E-state index in [2.05, 4.69) is 86.2 Å². The lowest BCUT2D eigenvalue weighted by atomic mass is 9.65. The lowest BCUT2D eigenvalue weighted by Crippen LogP contribution is -2.53. The van der Waals surface area contributed by atoms with Gasteiger partial charge in [-0.25, -0.2) is 4.79 Å². The Morgan fingerprint density at radius 1 is 0.938 bits per heavy atom. The minimum absolute atomic E-state index is 0.0416. The highest BCUT2D eigenvalue weighted by Crippen LogP contribution is 2.57. The number of H-pyrrole nitrogens is 1. The summed E-state index contributed by atoms with van der Waals surface area (Å²) in [5.74, 6) is 0.0823. The molecule has 2 saturated heterocycles. The molecule has 2 aromatic heterocycles. The number of phenols is 1. The molecule has 3 aromatic carbocycles. The summed E-state index contributed by atoms with van der Waals surface area (Å²) in [5, 5.41) is 34.4. The number of piperidine rings is 2. The molecule has 11 rings (SSSR count). The predicted molar refractivity (Wildman–Crippen MR) is 248 cm³/mol. The highest BCUT2D eigenvalue weighted by Gasteiger charge is 2.52. The average Bonchev–Trinajstić information content (AvgIpc) is 3.87. The first-order valence-corrected chi connectivity index (χ1v) is 23.6. The maximum atomic E-state index is 12.9. The molecule has 6 aliphatic rings. The van der Waals surface area contributed by atoms with Crippen molar-refractivity contribution in [3.63, 3.8) is 0 Å². The van der Waals surface area contributed by atoms with Gasteiger partial charge in [-0.2, -0.15) is 0 Å². The van der Waals surface area contributed by atoms with Crippen LogP contribution in [0, 0.1) is 23.2 Å². The smallest absolute Gasteiger partial charge is 0.354 e. The molecule has 0 bridgehead atoms. The highest BCUT2D eigenvalue weighted by atomic mass is 16.5. The number of aromatic nitrogens is 2. The van der Waals surface area contributed by atoms with Crippen LogP contribution in [0.15, 0.2) is 78.9 Å². The topological polar surface area (TPSA) is 153 Å². The zero-order valence-corrected chi connectivity index (χ0v) is 37.8. The third kappa shape index (κ3) is 7.85. The number of esters is 2. The standard InChI is InChI=1S/C22H26N2O2.C21H26N2O3.C9H13NO2/c1-3-22-11-7-12-23-13-10-16-15-8-5-6-9-17(15)24(19(16)20(22)23)18(14-22)21(25)26-4-2;1-26-21(25)19-15-10-17-20-14(13-4-2-3-5-16(13)22-20)8-9-23(17)11-12(15)6-7-18(19)24;1-10-6-9(12)7-2-4-8(11)5-3-7/h5-6,8-9,14,20H,3-4,7,10-13H2,1-2H3;2-5,12,15,17-19,22,24H,6-11H2,1H3;2-5,9-12H,6H2,1H3/t20-,22+;12-,15-,17-,18-,19+;/m10./s1. The van der Waals surface area contributed by atoms with Crippen molar-refractivity contribution in [2.75, 3.05) is 53.5 Å². The van der Waals surface area contributed by atoms with E-state index in [1.807, 2.05) is 6.92 Å². The lowest BCUT2D eigenvalue weighted by molar-refractivity contribution is -0.160. The van der Waals surface area contributed by atoms with E-state index in [1.165, 1.54) is 52.3 Å². The fraction of sp³-hybridized carbons (Fsp3) is 0.500. The van der Waals surface area contributed by atoms with Gasteiger partial charge in [0.05, 0.1) is 49.4 Å². The molecule has 1 aliphatic carbocycles. The quantitative estimate of drug-likeness (QED) is 0.104. The second kappa shape index (κ2) is 18.5. The Kier molecular flexibility index (Phi) is 12.8. The van der Waals surface area contributed by atoms with Gasteiger partial charge in [-0.05, 0) is 131 Å². The van der Waals surface area contributed by atoms with Crippen LogP contribution >= 0.6 is 0 Å². The fourth-order valence-electron chi connectivity index (χ4n) is 12.4. The van der Waals surface area contributed by atoms with Crippen LogP contribution < -0.4 is 5.32 Å². The molecule has 1 unspecified atom stereocenters. The summed E-state index contributed by atoms with van der Waals surface area (Å²) in [7, 11) is 3.22. The molecule has 12 nitrogen and oxygen atoms in total. The molecular weight excluding hydrogens is 807 g/mol. The Morgan fingerprint density at radius 2 is 1.67 bits per heavy atom. The minimum atomic E-state index is -0.568. The van der Waals surface area contributed by atoms with Crippen molar-refractivity contribution in [1.82, 2.24) is 24.7 Å². The van der Waals surface area contributed by atoms with Gasteiger partial charge >= 0.3 is 11.9 Å². The Bertz CT molecular complexity index is 2510. The van der Waals surface area contributed by atoms with Crippen LogP contribution in [0.3, 0.4) is 0 Å². The molecule has 64 heavy (non-hydrogen) atoms. The number of rotatable bonds is 7. The fourth-order valence-corrected chi connectivity index (χ4v) is 12.4. The molecular formula is C52H65N5O7. The molecule has 12 heteroatoms. The summed E-state index contributed by atoms with van der Waals surface area (Å²) < 4.78 is 12.7. The number of aliphatic hydroxyl groups is 2. The normalized spacial score (nSPS) is 27.2. The van der Waals surface area contributed by atoms with Crippen LogP contribution in [0.2, 0.25) is 0 Å². The number of phenolic OH excluding ortho intramolecular Hbond substituents is 1. The van der Waals surface area contributed by atoms with Gasteiger partial charge in [-0.15, -0.1) is 0 Å². The number of aromatic hydroxyl groups is 1. The third-order valence-electron chi connectivity index (χ3n) is 15.4. The maximum absolute atomic E-state index is 12.9. The van der Waals surface area contributed by atoms with Gasteiger partial charge in [0.25, 0.3) is 0 Å². The van der Waals surface area contributed by atoms with E-state index in [9.17, 15) is 19.8 Å². The first kappa shape index (κ1) is 44.2. The molecule has 340 valence electrons. The first-order valence-electron chi connectivity index (χ1n) is 23.6. The summed E-state index contributed by atoms with van der Waals surface area (Å²) in [6, 6.07) is 24.3. The number of hydrogen-bond acceptors (Lipinski definition) is 10. The molecule has 0 spiro atoms. The molecule has 5 N–H and O–H groups in total. The van der Waals surface area contributed by atoms with Gasteiger partial charge in [0.15, 0.2) is 0 Å². The van der Waals surface area contributed by atoms with Crippen molar-refractivity contribution < 1.29 is 34.4 Å². The van der Waals surface area contributed by atoms with Gasteiger partial charge in [0, 0.05) is 59.3 Å². The zero-order valence-electron chi connectivity index (χ0n) is 37.8. The van der Waals surface area contributed by atoms with E-state index < -0.39 is 12.2 Å². The molecule has 3 fully saturated rings. The number of nitrogens with zero attached hydrogens (tertiary/aromatic N) is 3. The summed E-state index contributed by atoms with van der Waals surface area (Å²) in [5.41, 5.74) is 9.48. The van der Waals surface area contributed by atoms with E-state index in [0.717, 1.165) is 81.5 Å². The molecule has 5 aromatic rings. The Morgan fingerprint density at radius 3 is 2.42 bits per heavy atom. The lowest BCUT2D eigenvalue weighted by Gasteiger charge is -2.53. The SMILES string of the molecule is CCOC(=O)C1=C[C@]2(CC)CCCN3CCc4c(n1c1ccccc41)[C@@H]32.CNCC(O)c1ccc(O)cc1.COC(=O)[C@@H]1[C@H]2C[C@H]3c4[nH]c5ccccc5c4CCN3C[C@@H]2CC[C@@H]1O. The van der Waals surface area contributed by atoms with Crippen molar-refractivity contribution in [2.45, 2.75) is 89.5 Å². The number of likely N-dealkylation sites (N-methyl/N-ethyl adjacent to an activating group) is 1. The van der Waals surface area contributed by atoms with Crippen molar-refractivity contribution in [3.05, 3.63) is 107 Å². The van der Waals surface area contributed by atoms with Gasteiger partial charge in [-0.3, -0.25) is 14.6 Å². The zero-order chi connectivity index (χ0) is 44.7. The number of fused-ring (bicyclic) bond motifs is 9. The van der Waals surface area contributed by atoms with E-state index in [0.29, 0.717) is 37.6 Å². The van der Waals surface area contributed by atoms with Crippen molar-refractivity contribution in [2.24, 2.45) is 23.2 Å². The van der Waals surface area contributed by atoms with E-state index >= 15 is 0 Å². The van der Waals surface area contributed by atoms with Crippen LogP contribution in [0.25, 0.3) is 27.5 Å². The molecule has 1 saturated carbocycles. The third-order valence-corrected chi connectivity index (χ3v) is 15.4. The van der Waals surface area contributed by atoms with Crippen LogP contribution in [0.5, 0.6) is 5.75 Å². The summed E-state index contributed by atoms with van der Waals surface area (Å²) >= 11 is 0. The van der Waals surface area contributed by atoms with Crippen LogP contribution in [-0.2, 0) is 31.9 Å². The molecule has 7 heterocycles. The number of carbonyl (C=O) groups excluding carboxylic acids is 2. The summed E-state index contributed by atoms with van der Waals surface area (Å²) in [6.07, 6.45) is 9.36. The molecule has 8 atom stereocenters.